The highest BCUT2D eigenvalue weighted by atomic mass is 19.3. The van der Waals surface area contributed by atoms with Crippen molar-refractivity contribution in [2.24, 2.45) is 0 Å². The summed E-state index contributed by atoms with van der Waals surface area (Å²) in [6.07, 6.45) is -2.02. The lowest BCUT2D eigenvalue weighted by Crippen LogP contribution is -2.22. The molecule has 0 saturated heterocycles. The zero-order valence-corrected chi connectivity index (χ0v) is 8.14. The van der Waals surface area contributed by atoms with Crippen molar-refractivity contribution in [2.75, 3.05) is 7.11 Å². The number of aryl methyl sites for hydroxylation is 1. The molecule has 0 fully saturated rings. The van der Waals surface area contributed by atoms with Crippen LogP contribution in [0.4, 0.5) is 8.78 Å². The standard InChI is InChI=1S/C9H9F2NO3/c1-4-6(9(14)15-2)7(13)5(3-12-4)8(10)11/h3,8H,1-2H3,(H,12,13). The topological polar surface area (TPSA) is 59.2 Å². The van der Waals surface area contributed by atoms with Crippen LogP contribution in [0.15, 0.2) is 11.0 Å². The van der Waals surface area contributed by atoms with Gasteiger partial charge in [-0.3, -0.25) is 4.79 Å². The quantitative estimate of drug-likeness (QED) is 0.762. The average Bonchev–Trinajstić information content (AvgIpc) is 2.16. The number of halogens is 2. The molecule has 1 N–H and O–H groups in total. The van der Waals surface area contributed by atoms with Gasteiger partial charge in [-0.1, -0.05) is 0 Å². The fourth-order valence-electron chi connectivity index (χ4n) is 1.15. The second-order valence-electron chi connectivity index (χ2n) is 2.87. The van der Waals surface area contributed by atoms with Crippen LogP contribution in [0.3, 0.4) is 0 Å². The number of ether oxygens (including phenoxy) is 1. The first-order valence-electron chi connectivity index (χ1n) is 4.07. The monoisotopic (exact) mass is 217 g/mol. The van der Waals surface area contributed by atoms with Crippen LogP contribution in [0, 0.1) is 6.92 Å². The molecule has 4 nitrogen and oxygen atoms in total. The van der Waals surface area contributed by atoms with Crippen molar-refractivity contribution in [3.8, 4) is 0 Å². The second kappa shape index (κ2) is 4.20. The minimum absolute atomic E-state index is 0.205. The first-order chi connectivity index (χ1) is 6.99. The van der Waals surface area contributed by atoms with Crippen LogP contribution in [-0.2, 0) is 4.74 Å². The molecule has 6 heteroatoms. The van der Waals surface area contributed by atoms with Crippen LogP contribution in [0.1, 0.15) is 28.0 Å². The summed E-state index contributed by atoms with van der Waals surface area (Å²) in [5.41, 5.74) is -1.90. The summed E-state index contributed by atoms with van der Waals surface area (Å²) < 4.78 is 29.0. The van der Waals surface area contributed by atoms with Crippen LogP contribution in [0.2, 0.25) is 0 Å². The van der Waals surface area contributed by atoms with Gasteiger partial charge in [-0.05, 0) is 6.92 Å². The van der Waals surface area contributed by atoms with E-state index in [1.807, 2.05) is 0 Å². The van der Waals surface area contributed by atoms with Crippen molar-refractivity contribution >= 4 is 5.97 Å². The van der Waals surface area contributed by atoms with E-state index < -0.39 is 23.4 Å². The summed E-state index contributed by atoms with van der Waals surface area (Å²) in [7, 11) is 1.08. The molecular weight excluding hydrogens is 208 g/mol. The maximum Gasteiger partial charge on any atom is 0.343 e. The van der Waals surface area contributed by atoms with Gasteiger partial charge in [-0.15, -0.1) is 0 Å². The van der Waals surface area contributed by atoms with E-state index in [-0.39, 0.29) is 11.3 Å². The van der Waals surface area contributed by atoms with Gasteiger partial charge in [0.1, 0.15) is 5.56 Å². The zero-order chi connectivity index (χ0) is 11.6. The molecule has 0 amide bonds. The Labute approximate surface area is 83.9 Å². The smallest absolute Gasteiger partial charge is 0.343 e. The summed E-state index contributed by atoms with van der Waals surface area (Å²) in [5, 5.41) is 0. The van der Waals surface area contributed by atoms with Crippen LogP contribution in [0.5, 0.6) is 0 Å². The number of rotatable bonds is 2. The molecule has 0 aliphatic carbocycles. The van der Waals surface area contributed by atoms with E-state index in [0.717, 1.165) is 13.3 Å². The van der Waals surface area contributed by atoms with Crippen molar-refractivity contribution in [2.45, 2.75) is 13.3 Å². The van der Waals surface area contributed by atoms with Gasteiger partial charge in [0.2, 0.25) is 5.43 Å². The summed E-state index contributed by atoms with van der Waals surface area (Å²) in [6, 6.07) is 0. The van der Waals surface area contributed by atoms with E-state index in [0.29, 0.717) is 0 Å². The molecule has 0 aliphatic heterocycles. The molecule has 0 unspecified atom stereocenters. The number of alkyl halides is 2. The van der Waals surface area contributed by atoms with E-state index in [2.05, 4.69) is 9.72 Å². The predicted molar refractivity (Wildman–Crippen MR) is 48.1 cm³/mol. The van der Waals surface area contributed by atoms with Gasteiger partial charge in [-0.25, -0.2) is 13.6 Å². The van der Waals surface area contributed by atoms with Crippen molar-refractivity contribution in [1.82, 2.24) is 4.98 Å². The molecule has 0 radical (unpaired) electrons. The highest BCUT2D eigenvalue weighted by Crippen LogP contribution is 2.15. The third kappa shape index (κ3) is 2.03. The van der Waals surface area contributed by atoms with Gasteiger partial charge in [-0.2, -0.15) is 0 Å². The SMILES string of the molecule is COC(=O)c1c(C)[nH]cc(C(F)F)c1=O. The van der Waals surface area contributed by atoms with Gasteiger partial charge in [0, 0.05) is 11.9 Å². The highest BCUT2D eigenvalue weighted by Gasteiger charge is 2.21. The Bertz CT molecular complexity index is 439. The normalized spacial score (nSPS) is 10.5. The Hall–Kier alpha value is -1.72. The molecule has 0 spiro atoms. The van der Waals surface area contributed by atoms with Crippen LogP contribution < -0.4 is 5.43 Å². The van der Waals surface area contributed by atoms with E-state index >= 15 is 0 Å². The molecule has 1 rings (SSSR count). The lowest BCUT2D eigenvalue weighted by atomic mass is 10.1. The predicted octanol–water partition coefficient (Wildman–Crippen LogP) is 1.41. The maximum atomic E-state index is 12.3. The number of hydrogen-bond acceptors (Lipinski definition) is 3. The molecule has 1 aromatic heterocycles. The number of hydrogen-bond donors (Lipinski definition) is 1. The van der Waals surface area contributed by atoms with E-state index in [1.54, 1.807) is 0 Å². The number of methoxy groups -OCH3 is 1. The van der Waals surface area contributed by atoms with Gasteiger partial charge >= 0.3 is 5.97 Å². The lowest BCUT2D eigenvalue weighted by molar-refractivity contribution is 0.0597. The summed E-state index contributed by atoms with van der Waals surface area (Å²) in [6.45, 7) is 1.43. The Balaban J connectivity index is 3.44. The summed E-state index contributed by atoms with van der Waals surface area (Å²) in [5.74, 6) is -0.920. The zero-order valence-electron chi connectivity index (χ0n) is 8.14. The second-order valence-corrected chi connectivity index (χ2v) is 2.87. The van der Waals surface area contributed by atoms with Crippen molar-refractivity contribution < 1.29 is 18.3 Å². The third-order valence-corrected chi connectivity index (χ3v) is 1.93. The third-order valence-electron chi connectivity index (χ3n) is 1.93. The minimum Gasteiger partial charge on any atom is -0.465 e. The van der Waals surface area contributed by atoms with E-state index in [4.69, 9.17) is 0 Å². The summed E-state index contributed by atoms with van der Waals surface area (Å²) in [4.78, 5) is 25.0. The molecule has 15 heavy (non-hydrogen) atoms. The molecular formula is C9H9F2NO3. The molecule has 0 atom stereocenters. The first kappa shape index (κ1) is 11.4. The summed E-state index contributed by atoms with van der Waals surface area (Å²) >= 11 is 0. The van der Waals surface area contributed by atoms with Crippen molar-refractivity contribution in [3.63, 3.8) is 0 Å². The number of aromatic amines is 1. The number of esters is 1. The van der Waals surface area contributed by atoms with Gasteiger partial charge in [0.05, 0.1) is 12.7 Å². The average molecular weight is 217 g/mol. The number of carbonyl (C=O) groups excluding carboxylic acids is 1. The largest absolute Gasteiger partial charge is 0.465 e. The molecule has 1 aromatic rings. The maximum absolute atomic E-state index is 12.3. The van der Waals surface area contributed by atoms with E-state index in [9.17, 15) is 18.4 Å². The molecule has 0 bridgehead atoms. The van der Waals surface area contributed by atoms with Crippen LogP contribution in [0.25, 0.3) is 0 Å². The number of carbonyl (C=O) groups is 1. The van der Waals surface area contributed by atoms with Gasteiger partial charge < -0.3 is 9.72 Å². The Morgan fingerprint density at radius 3 is 2.60 bits per heavy atom. The fraction of sp³-hybridized carbons (Fsp3) is 0.333. The van der Waals surface area contributed by atoms with Crippen LogP contribution in [-0.4, -0.2) is 18.1 Å². The Kier molecular flexibility index (Phi) is 3.18. The number of pyridine rings is 1. The lowest BCUT2D eigenvalue weighted by Gasteiger charge is -2.05. The van der Waals surface area contributed by atoms with Crippen LogP contribution >= 0.6 is 0 Å². The molecule has 82 valence electrons. The Morgan fingerprint density at radius 1 is 1.53 bits per heavy atom. The first-order valence-corrected chi connectivity index (χ1v) is 4.07. The molecule has 1 heterocycles. The molecule has 0 aliphatic rings. The van der Waals surface area contributed by atoms with Gasteiger partial charge in [0.25, 0.3) is 6.43 Å². The van der Waals surface area contributed by atoms with Crippen molar-refractivity contribution in [1.29, 1.82) is 0 Å². The Morgan fingerprint density at radius 2 is 2.13 bits per heavy atom. The van der Waals surface area contributed by atoms with E-state index in [1.165, 1.54) is 6.92 Å². The number of nitrogens with one attached hydrogen (secondary N) is 1. The van der Waals surface area contributed by atoms with Gasteiger partial charge in [0.15, 0.2) is 0 Å². The number of H-pyrrole nitrogens is 1. The molecule has 0 aromatic carbocycles. The minimum atomic E-state index is -2.92. The number of aromatic nitrogens is 1. The van der Waals surface area contributed by atoms with Crippen molar-refractivity contribution in [3.05, 3.63) is 33.2 Å². The molecule has 0 saturated carbocycles. The highest BCUT2D eigenvalue weighted by molar-refractivity contribution is 5.90. The fourth-order valence-corrected chi connectivity index (χ4v) is 1.15.